The van der Waals surface area contributed by atoms with Crippen molar-refractivity contribution in [2.75, 3.05) is 0 Å². The summed E-state index contributed by atoms with van der Waals surface area (Å²) in [5.41, 5.74) is -1.49. The molecule has 14 heavy (non-hydrogen) atoms. The Kier molecular flexibility index (Phi) is 4.09. The Hall–Kier alpha value is -0.610. The molecule has 0 saturated heterocycles. The average Bonchev–Trinajstić information content (AvgIpc) is 2.15. The Morgan fingerprint density at radius 3 is 2.07 bits per heavy atom. The molecule has 0 spiro atoms. The molecule has 0 bridgehead atoms. The fraction of sp³-hybridized carbons (Fsp3) is 0.900. The van der Waals surface area contributed by atoms with Crippen LogP contribution in [0.4, 0.5) is 0 Å². The monoisotopic (exact) mass is 204 g/mol. The van der Waals surface area contributed by atoms with E-state index in [1.165, 1.54) is 0 Å². The zero-order valence-electron chi connectivity index (χ0n) is 9.50. The minimum absolute atomic E-state index is 0.391. The molecular formula is C10H20O4. The van der Waals surface area contributed by atoms with E-state index in [4.69, 9.17) is 5.26 Å². The van der Waals surface area contributed by atoms with Crippen LogP contribution in [0.2, 0.25) is 0 Å². The Morgan fingerprint density at radius 1 is 1.36 bits per heavy atom. The number of hydrogen-bond donors (Lipinski definition) is 2. The maximum absolute atomic E-state index is 11.2. The highest BCUT2D eigenvalue weighted by Crippen LogP contribution is 2.37. The number of aliphatic hydroxyl groups excluding tert-OH is 1. The van der Waals surface area contributed by atoms with Gasteiger partial charge in [-0.1, -0.05) is 20.8 Å². The van der Waals surface area contributed by atoms with Crippen molar-refractivity contribution in [2.45, 2.75) is 47.1 Å². The molecule has 4 nitrogen and oxygen atoms in total. The van der Waals surface area contributed by atoms with Crippen LogP contribution in [0.5, 0.6) is 0 Å². The molecular weight excluding hydrogens is 184 g/mol. The summed E-state index contributed by atoms with van der Waals surface area (Å²) in [4.78, 5) is 14.9. The predicted octanol–water partition coefficient (Wildman–Crippen LogP) is 1.83. The van der Waals surface area contributed by atoms with Crippen molar-refractivity contribution >= 4 is 5.97 Å². The van der Waals surface area contributed by atoms with E-state index in [1.807, 2.05) is 20.8 Å². The molecule has 0 aliphatic rings. The molecule has 0 aromatic rings. The van der Waals surface area contributed by atoms with Gasteiger partial charge in [0.1, 0.15) is 0 Å². The molecule has 0 aromatic carbocycles. The highest BCUT2D eigenvalue weighted by molar-refractivity contribution is 5.76. The van der Waals surface area contributed by atoms with Gasteiger partial charge in [0.05, 0.1) is 11.5 Å². The van der Waals surface area contributed by atoms with Crippen LogP contribution in [0, 0.1) is 10.8 Å². The van der Waals surface area contributed by atoms with Crippen molar-refractivity contribution in [1.29, 1.82) is 0 Å². The van der Waals surface area contributed by atoms with Crippen LogP contribution in [0.1, 0.15) is 41.0 Å². The predicted molar refractivity (Wildman–Crippen MR) is 52.6 cm³/mol. The van der Waals surface area contributed by atoms with E-state index in [2.05, 4.69) is 4.89 Å². The van der Waals surface area contributed by atoms with Crippen LogP contribution in [-0.4, -0.2) is 22.4 Å². The van der Waals surface area contributed by atoms with Gasteiger partial charge in [-0.3, -0.25) is 0 Å². The van der Waals surface area contributed by atoms with E-state index >= 15 is 0 Å². The van der Waals surface area contributed by atoms with Gasteiger partial charge in [0.25, 0.3) is 0 Å². The van der Waals surface area contributed by atoms with Gasteiger partial charge in [-0.15, -0.1) is 0 Å². The number of hydrogen-bond acceptors (Lipinski definition) is 4. The van der Waals surface area contributed by atoms with Crippen molar-refractivity contribution in [2.24, 2.45) is 10.8 Å². The molecule has 0 aromatic heterocycles. The minimum Gasteiger partial charge on any atom is -0.391 e. The first-order chi connectivity index (χ1) is 6.20. The zero-order valence-corrected chi connectivity index (χ0v) is 9.50. The maximum Gasteiger partial charge on any atom is 0.350 e. The highest BCUT2D eigenvalue weighted by atomic mass is 17.1. The molecule has 84 valence electrons. The van der Waals surface area contributed by atoms with Gasteiger partial charge in [-0.05, 0) is 25.7 Å². The molecule has 0 aliphatic heterocycles. The maximum atomic E-state index is 11.2. The Morgan fingerprint density at radius 2 is 1.79 bits per heavy atom. The summed E-state index contributed by atoms with van der Waals surface area (Å²) < 4.78 is 0. The zero-order chi connectivity index (χ0) is 11.6. The number of rotatable bonds is 4. The topological polar surface area (TPSA) is 66.8 Å². The fourth-order valence-corrected chi connectivity index (χ4v) is 1.40. The van der Waals surface area contributed by atoms with Gasteiger partial charge in [0.15, 0.2) is 0 Å². The lowest BCUT2D eigenvalue weighted by atomic mass is 9.71. The summed E-state index contributed by atoms with van der Waals surface area (Å²) in [6.07, 6.45) is -0.129. The SMILES string of the molecule is CCC(C)(C)C(O)C(C)(C)C(=O)OO. The molecule has 0 fully saturated rings. The van der Waals surface area contributed by atoms with Gasteiger partial charge < -0.3 is 9.99 Å². The smallest absolute Gasteiger partial charge is 0.350 e. The van der Waals surface area contributed by atoms with Crippen LogP contribution < -0.4 is 0 Å². The molecule has 0 radical (unpaired) electrons. The van der Waals surface area contributed by atoms with E-state index in [1.54, 1.807) is 13.8 Å². The van der Waals surface area contributed by atoms with Gasteiger partial charge in [0, 0.05) is 0 Å². The first-order valence-corrected chi connectivity index (χ1v) is 4.74. The van der Waals surface area contributed by atoms with E-state index < -0.39 is 22.9 Å². The second-order valence-electron chi connectivity index (χ2n) is 4.85. The molecule has 2 N–H and O–H groups in total. The quantitative estimate of drug-likeness (QED) is 0.541. The lowest BCUT2D eigenvalue weighted by Crippen LogP contribution is -2.46. The molecule has 0 amide bonds. The van der Waals surface area contributed by atoms with Crippen molar-refractivity contribution in [3.05, 3.63) is 0 Å². The largest absolute Gasteiger partial charge is 0.391 e. The standard InChI is InChI=1S/C10H20O4/c1-6-9(2,3)7(11)10(4,5)8(12)14-13/h7,11,13H,6H2,1-5H3. The molecule has 1 atom stereocenters. The molecule has 0 saturated carbocycles. The summed E-state index contributed by atoms with van der Waals surface area (Å²) in [7, 11) is 0. The first kappa shape index (κ1) is 13.4. The Balaban J connectivity index is 4.83. The van der Waals surface area contributed by atoms with E-state index in [9.17, 15) is 9.90 Å². The van der Waals surface area contributed by atoms with Crippen molar-refractivity contribution < 1.29 is 20.0 Å². The Labute approximate surface area is 84.8 Å². The summed E-state index contributed by atoms with van der Waals surface area (Å²) >= 11 is 0. The van der Waals surface area contributed by atoms with Crippen molar-refractivity contribution in [3.63, 3.8) is 0 Å². The number of carbonyl (C=O) groups excluding carboxylic acids is 1. The molecule has 0 aliphatic carbocycles. The van der Waals surface area contributed by atoms with Crippen molar-refractivity contribution in [3.8, 4) is 0 Å². The highest BCUT2D eigenvalue weighted by Gasteiger charge is 2.45. The van der Waals surface area contributed by atoms with Gasteiger partial charge in [-0.2, -0.15) is 5.26 Å². The number of aliphatic hydroxyl groups is 1. The lowest BCUT2D eigenvalue weighted by Gasteiger charge is -2.38. The lowest BCUT2D eigenvalue weighted by molar-refractivity contribution is -0.251. The summed E-state index contributed by atoms with van der Waals surface area (Å²) in [5.74, 6) is -0.813. The number of carbonyl (C=O) groups is 1. The normalized spacial score (nSPS) is 15.1. The molecule has 0 rings (SSSR count). The third-order valence-corrected chi connectivity index (χ3v) is 2.94. The van der Waals surface area contributed by atoms with Crippen LogP contribution in [-0.2, 0) is 9.68 Å². The second-order valence-corrected chi connectivity index (χ2v) is 4.85. The van der Waals surface area contributed by atoms with Crippen molar-refractivity contribution in [1.82, 2.24) is 0 Å². The molecule has 1 unspecified atom stereocenters. The van der Waals surface area contributed by atoms with Gasteiger partial charge in [0.2, 0.25) is 0 Å². The summed E-state index contributed by atoms with van der Waals surface area (Å²) in [5, 5.41) is 18.3. The fourth-order valence-electron chi connectivity index (χ4n) is 1.40. The molecule has 4 heteroatoms. The van der Waals surface area contributed by atoms with E-state index in [0.717, 1.165) is 6.42 Å². The van der Waals surface area contributed by atoms with Crippen LogP contribution in [0.15, 0.2) is 0 Å². The average molecular weight is 204 g/mol. The van der Waals surface area contributed by atoms with E-state index in [0.29, 0.717) is 0 Å². The van der Waals surface area contributed by atoms with E-state index in [-0.39, 0.29) is 0 Å². The van der Waals surface area contributed by atoms with Crippen LogP contribution in [0.25, 0.3) is 0 Å². The first-order valence-electron chi connectivity index (χ1n) is 4.74. The second kappa shape index (κ2) is 4.28. The third-order valence-electron chi connectivity index (χ3n) is 2.94. The van der Waals surface area contributed by atoms with Crippen LogP contribution in [0.3, 0.4) is 0 Å². The van der Waals surface area contributed by atoms with Gasteiger partial charge >= 0.3 is 5.97 Å². The summed E-state index contributed by atoms with van der Waals surface area (Å²) in [6, 6.07) is 0. The molecule has 0 heterocycles. The third kappa shape index (κ3) is 2.45. The Bertz CT molecular complexity index is 208. The minimum atomic E-state index is -1.10. The van der Waals surface area contributed by atoms with Crippen LogP contribution >= 0.6 is 0 Å². The summed E-state index contributed by atoms with van der Waals surface area (Å²) in [6.45, 7) is 8.76. The van der Waals surface area contributed by atoms with Gasteiger partial charge in [-0.25, -0.2) is 4.79 Å².